The van der Waals surface area contributed by atoms with E-state index in [1.807, 2.05) is 12.1 Å². The zero-order valence-electron chi connectivity index (χ0n) is 15.3. The van der Waals surface area contributed by atoms with Crippen molar-refractivity contribution in [3.8, 4) is 17.2 Å². The quantitative estimate of drug-likeness (QED) is 0.627. The molecular formula is C20H20N2O5. The molecule has 0 saturated carbocycles. The average Bonchev–Trinajstić information content (AvgIpc) is 2.95. The Hall–Kier alpha value is -3.48. The van der Waals surface area contributed by atoms with Crippen molar-refractivity contribution in [1.29, 1.82) is 0 Å². The van der Waals surface area contributed by atoms with E-state index in [0.717, 1.165) is 10.5 Å². The molecule has 1 heterocycles. The highest BCUT2D eigenvalue weighted by atomic mass is 16.5. The molecular weight excluding hydrogens is 348 g/mol. The molecule has 0 atom stereocenters. The van der Waals surface area contributed by atoms with Crippen molar-refractivity contribution in [3.63, 3.8) is 0 Å². The summed E-state index contributed by atoms with van der Waals surface area (Å²) in [5.74, 6) is 1.46. The lowest BCUT2D eigenvalue weighted by molar-refractivity contribution is -0.123. The lowest BCUT2D eigenvalue weighted by atomic mass is 10.1. The van der Waals surface area contributed by atoms with Crippen LogP contribution in [0.5, 0.6) is 17.2 Å². The minimum absolute atomic E-state index is 0.179. The Bertz CT molecular complexity index is 890. The fourth-order valence-corrected chi connectivity index (χ4v) is 2.74. The van der Waals surface area contributed by atoms with E-state index in [0.29, 0.717) is 22.8 Å². The first kappa shape index (κ1) is 18.3. The second-order valence-electron chi connectivity index (χ2n) is 5.84. The lowest BCUT2D eigenvalue weighted by Crippen LogP contribution is -2.30. The van der Waals surface area contributed by atoms with Gasteiger partial charge in [0.1, 0.15) is 11.4 Å². The van der Waals surface area contributed by atoms with Gasteiger partial charge >= 0.3 is 6.03 Å². The largest absolute Gasteiger partial charge is 0.497 e. The Morgan fingerprint density at radius 3 is 2.26 bits per heavy atom. The molecule has 2 aromatic carbocycles. The molecule has 7 heteroatoms. The number of ether oxygens (including phenoxy) is 3. The number of hydrogen-bond donors (Lipinski definition) is 1. The molecule has 0 spiro atoms. The first-order valence-electron chi connectivity index (χ1n) is 8.25. The summed E-state index contributed by atoms with van der Waals surface area (Å²) in [7, 11) is 4.67. The van der Waals surface area contributed by atoms with Crippen molar-refractivity contribution in [2.45, 2.75) is 6.54 Å². The number of benzene rings is 2. The van der Waals surface area contributed by atoms with Gasteiger partial charge < -0.3 is 19.5 Å². The van der Waals surface area contributed by atoms with Gasteiger partial charge in [-0.3, -0.25) is 9.69 Å². The van der Waals surface area contributed by atoms with E-state index in [1.54, 1.807) is 50.6 Å². The van der Waals surface area contributed by atoms with Gasteiger partial charge in [-0.25, -0.2) is 4.79 Å². The molecule has 0 radical (unpaired) electrons. The van der Waals surface area contributed by atoms with Gasteiger partial charge in [-0.1, -0.05) is 18.2 Å². The van der Waals surface area contributed by atoms with Crippen LogP contribution in [0, 0.1) is 0 Å². The van der Waals surface area contributed by atoms with Gasteiger partial charge in [-0.2, -0.15) is 0 Å². The Morgan fingerprint density at radius 1 is 0.926 bits per heavy atom. The van der Waals surface area contributed by atoms with E-state index in [9.17, 15) is 9.59 Å². The van der Waals surface area contributed by atoms with Crippen LogP contribution in [0.15, 0.2) is 48.2 Å². The van der Waals surface area contributed by atoms with Crippen molar-refractivity contribution in [2.24, 2.45) is 0 Å². The fraction of sp³-hybridized carbons (Fsp3) is 0.200. The molecule has 3 amide bonds. The fourth-order valence-electron chi connectivity index (χ4n) is 2.74. The van der Waals surface area contributed by atoms with E-state index in [4.69, 9.17) is 14.2 Å². The molecule has 2 aromatic rings. The molecule has 1 aliphatic heterocycles. The molecule has 7 nitrogen and oxygen atoms in total. The Kier molecular flexibility index (Phi) is 5.30. The number of carbonyl (C=O) groups excluding carboxylic acids is 2. The van der Waals surface area contributed by atoms with Crippen LogP contribution in [0.4, 0.5) is 4.79 Å². The summed E-state index contributed by atoms with van der Waals surface area (Å²) in [6.07, 6.45) is 1.61. The highest BCUT2D eigenvalue weighted by Crippen LogP contribution is 2.29. The first-order valence-corrected chi connectivity index (χ1v) is 8.25. The standard InChI is InChI=1S/C20H20N2O5/c1-25-15-7-4-13(5-8-15)12-22-19(23)16(21-20(22)24)10-14-6-9-17(26-2)18(11-14)27-3/h4-11H,12H2,1-3H3,(H,21,24)/b16-10+. The van der Waals surface area contributed by atoms with Gasteiger partial charge in [-0.15, -0.1) is 0 Å². The van der Waals surface area contributed by atoms with Crippen molar-refractivity contribution in [3.05, 3.63) is 59.3 Å². The Morgan fingerprint density at radius 2 is 1.63 bits per heavy atom. The smallest absolute Gasteiger partial charge is 0.329 e. The number of methoxy groups -OCH3 is 3. The van der Waals surface area contributed by atoms with E-state index in [2.05, 4.69) is 5.32 Å². The topological polar surface area (TPSA) is 77.1 Å². The predicted octanol–water partition coefficient (Wildman–Crippen LogP) is 2.81. The third kappa shape index (κ3) is 3.87. The number of rotatable bonds is 6. The van der Waals surface area contributed by atoms with E-state index in [-0.39, 0.29) is 18.1 Å². The summed E-state index contributed by atoms with van der Waals surface area (Å²) in [4.78, 5) is 26.0. The van der Waals surface area contributed by atoms with E-state index < -0.39 is 6.03 Å². The third-order valence-electron chi connectivity index (χ3n) is 4.18. The summed E-state index contributed by atoms with van der Waals surface area (Å²) >= 11 is 0. The first-order chi connectivity index (χ1) is 13.0. The molecule has 0 aliphatic carbocycles. The summed E-state index contributed by atoms with van der Waals surface area (Å²) in [5, 5.41) is 2.61. The molecule has 140 valence electrons. The van der Waals surface area contributed by atoms with Crippen molar-refractivity contribution < 1.29 is 23.8 Å². The molecule has 1 N–H and O–H groups in total. The normalized spacial score (nSPS) is 15.1. The predicted molar refractivity (Wildman–Crippen MR) is 99.6 cm³/mol. The van der Waals surface area contributed by atoms with E-state index in [1.165, 1.54) is 7.11 Å². The van der Waals surface area contributed by atoms with E-state index >= 15 is 0 Å². The maximum absolute atomic E-state index is 12.6. The number of carbonyl (C=O) groups is 2. The number of urea groups is 1. The lowest BCUT2D eigenvalue weighted by Gasteiger charge is -2.12. The van der Waals surface area contributed by atoms with Crippen LogP contribution in [-0.4, -0.2) is 38.2 Å². The average molecular weight is 368 g/mol. The maximum atomic E-state index is 12.6. The van der Waals surface area contributed by atoms with Gasteiger partial charge in [-0.05, 0) is 41.5 Å². The van der Waals surface area contributed by atoms with Crippen molar-refractivity contribution in [1.82, 2.24) is 10.2 Å². The Labute approximate surface area is 157 Å². The number of imide groups is 1. The highest BCUT2D eigenvalue weighted by Gasteiger charge is 2.33. The van der Waals surface area contributed by atoms with Crippen LogP contribution < -0.4 is 19.5 Å². The zero-order chi connectivity index (χ0) is 19.4. The van der Waals surface area contributed by atoms with Crippen LogP contribution in [0.2, 0.25) is 0 Å². The van der Waals surface area contributed by atoms with Crippen molar-refractivity contribution in [2.75, 3.05) is 21.3 Å². The molecule has 27 heavy (non-hydrogen) atoms. The van der Waals surface area contributed by atoms with Crippen molar-refractivity contribution >= 4 is 18.0 Å². The van der Waals surface area contributed by atoms with Gasteiger partial charge in [0.05, 0.1) is 27.9 Å². The molecule has 0 unspecified atom stereocenters. The number of hydrogen-bond acceptors (Lipinski definition) is 5. The summed E-state index contributed by atoms with van der Waals surface area (Å²) in [6.45, 7) is 0.179. The number of nitrogens with one attached hydrogen (secondary N) is 1. The second kappa shape index (κ2) is 7.82. The minimum Gasteiger partial charge on any atom is -0.497 e. The number of amides is 3. The monoisotopic (exact) mass is 368 g/mol. The molecule has 1 aliphatic rings. The highest BCUT2D eigenvalue weighted by molar-refractivity contribution is 6.13. The summed E-state index contributed by atoms with van der Waals surface area (Å²) < 4.78 is 15.6. The van der Waals surface area contributed by atoms with Crippen LogP contribution in [-0.2, 0) is 11.3 Å². The Balaban J connectivity index is 1.79. The second-order valence-corrected chi connectivity index (χ2v) is 5.84. The molecule has 0 bridgehead atoms. The van der Waals surface area contributed by atoms with Gasteiger partial charge in [0, 0.05) is 0 Å². The van der Waals surface area contributed by atoms with Crippen LogP contribution in [0.25, 0.3) is 6.08 Å². The molecule has 1 saturated heterocycles. The summed E-state index contributed by atoms with van der Waals surface area (Å²) in [6, 6.07) is 12.0. The summed E-state index contributed by atoms with van der Waals surface area (Å²) in [5.41, 5.74) is 1.75. The molecule has 3 rings (SSSR count). The van der Waals surface area contributed by atoms with Crippen LogP contribution in [0.1, 0.15) is 11.1 Å². The maximum Gasteiger partial charge on any atom is 0.329 e. The van der Waals surface area contributed by atoms with Gasteiger partial charge in [0.15, 0.2) is 11.5 Å². The SMILES string of the molecule is COc1ccc(CN2C(=O)N/C(=C/c3ccc(OC)c(OC)c3)C2=O)cc1. The molecule has 1 fully saturated rings. The van der Waals surface area contributed by atoms with Gasteiger partial charge in [0.25, 0.3) is 5.91 Å². The van der Waals surface area contributed by atoms with Crippen LogP contribution in [0.3, 0.4) is 0 Å². The number of nitrogens with zero attached hydrogens (tertiary/aromatic N) is 1. The third-order valence-corrected chi connectivity index (χ3v) is 4.18. The minimum atomic E-state index is -0.456. The molecule has 0 aromatic heterocycles. The van der Waals surface area contributed by atoms with Crippen LogP contribution >= 0.6 is 0 Å². The van der Waals surface area contributed by atoms with Gasteiger partial charge in [0.2, 0.25) is 0 Å². The zero-order valence-corrected chi connectivity index (χ0v) is 15.3.